The van der Waals surface area contributed by atoms with Crippen LogP contribution in [-0.4, -0.2) is 28.0 Å². The summed E-state index contributed by atoms with van der Waals surface area (Å²) in [6.45, 7) is 1.60. The van der Waals surface area contributed by atoms with Gasteiger partial charge >= 0.3 is 0 Å². The molecule has 0 bridgehead atoms. The summed E-state index contributed by atoms with van der Waals surface area (Å²) < 4.78 is 7.33. The predicted octanol–water partition coefficient (Wildman–Crippen LogP) is 1.91. The molecule has 0 saturated carbocycles. The van der Waals surface area contributed by atoms with Crippen molar-refractivity contribution in [2.45, 2.75) is 12.5 Å². The fourth-order valence-electron chi connectivity index (χ4n) is 1.93. The van der Waals surface area contributed by atoms with Gasteiger partial charge in [-0.3, -0.25) is 9.67 Å². The summed E-state index contributed by atoms with van der Waals surface area (Å²) in [5, 5.41) is 4.37. The molecule has 0 spiro atoms. The molecular formula is C12H13N3O. The molecule has 1 unspecified atom stereocenters. The zero-order chi connectivity index (χ0) is 10.8. The van der Waals surface area contributed by atoms with Gasteiger partial charge in [0.2, 0.25) is 0 Å². The van der Waals surface area contributed by atoms with Gasteiger partial charge in [0, 0.05) is 24.6 Å². The first kappa shape index (κ1) is 9.54. The van der Waals surface area contributed by atoms with E-state index >= 15 is 0 Å². The molecule has 3 heterocycles. The number of nitrogens with zero attached hydrogens (tertiary/aromatic N) is 3. The number of hydrogen-bond acceptors (Lipinski definition) is 3. The van der Waals surface area contributed by atoms with Crippen LogP contribution in [0.25, 0.3) is 11.3 Å². The van der Waals surface area contributed by atoms with Gasteiger partial charge in [-0.15, -0.1) is 0 Å². The van der Waals surface area contributed by atoms with Crippen molar-refractivity contribution in [2.24, 2.45) is 0 Å². The predicted molar refractivity (Wildman–Crippen MR) is 59.9 cm³/mol. The lowest BCUT2D eigenvalue weighted by atomic mass is 10.2. The smallest absolute Gasteiger partial charge is 0.0774 e. The Balaban J connectivity index is 1.87. The Hall–Kier alpha value is -1.68. The highest BCUT2D eigenvalue weighted by molar-refractivity contribution is 5.56. The highest BCUT2D eigenvalue weighted by Gasteiger charge is 2.18. The van der Waals surface area contributed by atoms with Gasteiger partial charge in [0.1, 0.15) is 0 Å². The lowest BCUT2D eigenvalue weighted by Crippen LogP contribution is -2.08. The van der Waals surface area contributed by atoms with Crippen molar-refractivity contribution < 1.29 is 4.74 Å². The summed E-state index contributed by atoms with van der Waals surface area (Å²) in [5.41, 5.74) is 2.03. The van der Waals surface area contributed by atoms with Crippen molar-refractivity contribution in [3.05, 3.63) is 36.8 Å². The molecule has 82 valence electrons. The summed E-state index contributed by atoms with van der Waals surface area (Å²) in [6.07, 6.45) is 6.75. The standard InChI is InChI=1S/C12H13N3O/c1-2-5-13-12(3-1)10-7-14-15(8-10)11-4-6-16-9-11/h1-3,5,7-8,11H,4,6,9H2. The van der Waals surface area contributed by atoms with E-state index in [0.29, 0.717) is 6.04 Å². The van der Waals surface area contributed by atoms with Crippen molar-refractivity contribution in [1.29, 1.82) is 0 Å². The van der Waals surface area contributed by atoms with Crippen LogP contribution in [0.5, 0.6) is 0 Å². The number of ether oxygens (including phenoxy) is 1. The van der Waals surface area contributed by atoms with Gasteiger partial charge in [-0.25, -0.2) is 0 Å². The normalized spacial score (nSPS) is 20.1. The fourth-order valence-corrected chi connectivity index (χ4v) is 1.93. The first-order valence-electron chi connectivity index (χ1n) is 5.47. The molecule has 1 atom stereocenters. The summed E-state index contributed by atoms with van der Waals surface area (Å²) >= 11 is 0. The van der Waals surface area contributed by atoms with Crippen LogP contribution in [0, 0.1) is 0 Å². The third kappa shape index (κ3) is 1.72. The van der Waals surface area contributed by atoms with E-state index in [1.54, 1.807) is 6.20 Å². The van der Waals surface area contributed by atoms with Crippen molar-refractivity contribution in [2.75, 3.05) is 13.2 Å². The average molecular weight is 215 g/mol. The van der Waals surface area contributed by atoms with Crippen LogP contribution >= 0.6 is 0 Å². The minimum absolute atomic E-state index is 0.387. The molecule has 16 heavy (non-hydrogen) atoms. The van der Waals surface area contributed by atoms with Gasteiger partial charge < -0.3 is 4.74 Å². The van der Waals surface area contributed by atoms with Crippen LogP contribution in [0.3, 0.4) is 0 Å². The Kier molecular flexibility index (Phi) is 2.42. The molecular weight excluding hydrogens is 202 g/mol. The third-order valence-electron chi connectivity index (χ3n) is 2.84. The van der Waals surface area contributed by atoms with Crippen molar-refractivity contribution in [3.63, 3.8) is 0 Å². The van der Waals surface area contributed by atoms with Crippen LogP contribution in [0.4, 0.5) is 0 Å². The highest BCUT2D eigenvalue weighted by Crippen LogP contribution is 2.21. The van der Waals surface area contributed by atoms with Crippen LogP contribution in [0.1, 0.15) is 12.5 Å². The van der Waals surface area contributed by atoms with E-state index in [0.717, 1.165) is 30.9 Å². The molecule has 2 aromatic rings. The van der Waals surface area contributed by atoms with Gasteiger partial charge in [0.25, 0.3) is 0 Å². The van der Waals surface area contributed by atoms with Gasteiger partial charge in [0.05, 0.1) is 24.5 Å². The molecule has 1 saturated heterocycles. The van der Waals surface area contributed by atoms with E-state index in [1.807, 2.05) is 35.3 Å². The maximum absolute atomic E-state index is 5.35. The van der Waals surface area contributed by atoms with Gasteiger partial charge in [-0.1, -0.05) is 6.07 Å². The summed E-state index contributed by atoms with van der Waals surface area (Å²) in [7, 11) is 0. The Bertz CT molecular complexity index is 460. The maximum atomic E-state index is 5.35. The summed E-state index contributed by atoms with van der Waals surface area (Å²) in [5.74, 6) is 0. The van der Waals surface area contributed by atoms with Crippen LogP contribution in [-0.2, 0) is 4.74 Å². The first-order valence-corrected chi connectivity index (χ1v) is 5.47. The summed E-state index contributed by atoms with van der Waals surface area (Å²) in [6, 6.07) is 6.28. The Morgan fingerprint density at radius 2 is 2.38 bits per heavy atom. The van der Waals surface area contributed by atoms with Gasteiger partial charge in [-0.05, 0) is 18.6 Å². The molecule has 4 heteroatoms. The van der Waals surface area contributed by atoms with E-state index in [2.05, 4.69) is 10.1 Å². The molecule has 3 rings (SSSR count). The molecule has 2 aromatic heterocycles. The molecule has 0 amide bonds. The number of rotatable bonds is 2. The van der Waals surface area contributed by atoms with Crippen molar-refractivity contribution in [1.82, 2.24) is 14.8 Å². The van der Waals surface area contributed by atoms with Crippen LogP contribution in [0.2, 0.25) is 0 Å². The minimum Gasteiger partial charge on any atom is -0.379 e. The fraction of sp³-hybridized carbons (Fsp3) is 0.333. The van der Waals surface area contributed by atoms with E-state index in [4.69, 9.17) is 4.74 Å². The SMILES string of the molecule is c1ccc(-c2cnn(C3CCOC3)c2)nc1. The minimum atomic E-state index is 0.387. The Morgan fingerprint density at radius 1 is 1.38 bits per heavy atom. The van der Waals surface area contributed by atoms with E-state index < -0.39 is 0 Å². The lowest BCUT2D eigenvalue weighted by Gasteiger charge is -2.06. The van der Waals surface area contributed by atoms with Crippen LogP contribution in [0.15, 0.2) is 36.8 Å². The molecule has 0 N–H and O–H groups in total. The Labute approximate surface area is 93.9 Å². The zero-order valence-corrected chi connectivity index (χ0v) is 8.91. The Morgan fingerprint density at radius 3 is 3.12 bits per heavy atom. The van der Waals surface area contributed by atoms with E-state index in [-0.39, 0.29) is 0 Å². The topological polar surface area (TPSA) is 39.9 Å². The van der Waals surface area contributed by atoms with Gasteiger partial charge in [-0.2, -0.15) is 5.10 Å². The molecule has 0 aromatic carbocycles. The van der Waals surface area contributed by atoms with Gasteiger partial charge in [0.15, 0.2) is 0 Å². The zero-order valence-electron chi connectivity index (χ0n) is 8.91. The highest BCUT2D eigenvalue weighted by atomic mass is 16.5. The lowest BCUT2D eigenvalue weighted by molar-refractivity contribution is 0.184. The second-order valence-electron chi connectivity index (χ2n) is 3.94. The molecule has 4 nitrogen and oxygen atoms in total. The second kappa shape index (κ2) is 4.06. The van der Waals surface area contributed by atoms with Crippen molar-refractivity contribution in [3.8, 4) is 11.3 Å². The average Bonchev–Trinajstić information content (AvgIpc) is 3.01. The van der Waals surface area contributed by atoms with Crippen LogP contribution < -0.4 is 0 Å². The molecule has 0 radical (unpaired) electrons. The second-order valence-corrected chi connectivity index (χ2v) is 3.94. The number of hydrogen-bond donors (Lipinski definition) is 0. The molecule has 1 aliphatic rings. The summed E-state index contributed by atoms with van der Waals surface area (Å²) in [4.78, 5) is 4.30. The number of aromatic nitrogens is 3. The number of pyridine rings is 1. The van der Waals surface area contributed by atoms with E-state index in [1.165, 1.54) is 0 Å². The van der Waals surface area contributed by atoms with E-state index in [9.17, 15) is 0 Å². The maximum Gasteiger partial charge on any atom is 0.0774 e. The first-order chi connectivity index (χ1) is 7.93. The third-order valence-corrected chi connectivity index (χ3v) is 2.84. The molecule has 1 aliphatic heterocycles. The quantitative estimate of drug-likeness (QED) is 0.768. The van der Waals surface area contributed by atoms with Crippen molar-refractivity contribution >= 4 is 0 Å². The largest absolute Gasteiger partial charge is 0.379 e. The molecule has 0 aliphatic carbocycles. The monoisotopic (exact) mass is 215 g/mol. The molecule has 1 fully saturated rings.